The predicted octanol–water partition coefficient (Wildman–Crippen LogP) is 2.94. The van der Waals surface area contributed by atoms with E-state index in [1.54, 1.807) is 28.4 Å². The van der Waals surface area contributed by atoms with Crippen LogP contribution in [0.5, 0.6) is 0 Å². The van der Waals surface area contributed by atoms with E-state index < -0.39 is 0 Å². The van der Waals surface area contributed by atoms with Gasteiger partial charge in [-0.1, -0.05) is 30.3 Å². The van der Waals surface area contributed by atoms with Crippen molar-refractivity contribution in [2.45, 2.75) is 18.9 Å². The third kappa shape index (κ3) is 3.62. The standard InChI is InChI=1S/C19H21N5OS/c1-23-11-15(10-20-23)18(25)21-16-8-5-9-24(12-16)19-22-17(13-26-19)14-6-3-2-4-7-14/h2-4,6-7,10-11,13,16H,5,8-9,12H2,1H3,(H,21,25). The Kier molecular flexibility index (Phi) is 4.71. The number of aryl methyl sites for hydroxylation is 1. The molecule has 0 aliphatic carbocycles. The maximum absolute atomic E-state index is 12.4. The van der Waals surface area contributed by atoms with Crippen LogP contribution in [-0.4, -0.2) is 39.8 Å². The van der Waals surface area contributed by atoms with Crippen LogP contribution in [0.3, 0.4) is 0 Å². The summed E-state index contributed by atoms with van der Waals surface area (Å²) in [5, 5.41) is 10.3. The van der Waals surface area contributed by atoms with Crippen molar-refractivity contribution >= 4 is 22.4 Å². The highest BCUT2D eigenvalue weighted by Gasteiger charge is 2.24. The summed E-state index contributed by atoms with van der Waals surface area (Å²) in [6.07, 6.45) is 5.36. The maximum atomic E-state index is 12.4. The van der Waals surface area contributed by atoms with E-state index in [1.807, 2.05) is 25.2 Å². The minimum atomic E-state index is -0.0611. The number of nitrogens with one attached hydrogen (secondary N) is 1. The van der Waals surface area contributed by atoms with Gasteiger partial charge in [-0.25, -0.2) is 4.98 Å². The van der Waals surface area contributed by atoms with Crippen molar-refractivity contribution in [3.63, 3.8) is 0 Å². The minimum Gasteiger partial charge on any atom is -0.347 e. The third-order valence-electron chi connectivity index (χ3n) is 4.56. The van der Waals surface area contributed by atoms with Crippen molar-refractivity contribution in [2.75, 3.05) is 18.0 Å². The maximum Gasteiger partial charge on any atom is 0.254 e. The summed E-state index contributed by atoms with van der Waals surface area (Å²) >= 11 is 1.66. The van der Waals surface area contributed by atoms with Gasteiger partial charge in [-0.3, -0.25) is 9.48 Å². The number of piperidine rings is 1. The summed E-state index contributed by atoms with van der Waals surface area (Å²) in [4.78, 5) is 19.4. The molecule has 3 heterocycles. The molecule has 7 heteroatoms. The van der Waals surface area contributed by atoms with Crippen molar-refractivity contribution in [2.24, 2.45) is 7.05 Å². The fourth-order valence-corrected chi connectivity index (χ4v) is 4.10. The second-order valence-corrected chi connectivity index (χ2v) is 7.38. The lowest BCUT2D eigenvalue weighted by molar-refractivity contribution is 0.0933. The Balaban J connectivity index is 1.42. The van der Waals surface area contributed by atoms with Gasteiger partial charge in [-0.15, -0.1) is 11.3 Å². The second-order valence-electron chi connectivity index (χ2n) is 6.54. The number of carbonyl (C=O) groups excluding carboxylic acids is 1. The number of amides is 1. The van der Waals surface area contributed by atoms with E-state index in [1.165, 1.54) is 0 Å². The van der Waals surface area contributed by atoms with Crippen LogP contribution in [0.4, 0.5) is 5.13 Å². The molecule has 0 radical (unpaired) electrons. The second kappa shape index (κ2) is 7.29. The molecule has 1 saturated heterocycles. The van der Waals surface area contributed by atoms with E-state index in [0.717, 1.165) is 42.3 Å². The first-order valence-corrected chi connectivity index (χ1v) is 9.62. The Bertz CT molecular complexity index is 888. The van der Waals surface area contributed by atoms with Gasteiger partial charge in [0.2, 0.25) is 0 Å². The predicted molar refractivity (Wildman–Crippen MR) is 103 cm³/mol. The lowest BCUT2D eigenvalue weighted by Crippen LogP contribution is -2.47. The zero-order valence-corrected chi connectivity index (χ0v) is 15.4. The Labute approximate surface area is 156 Å². The molecule has 1 amide bonds. The van der Waals surface area contributed by atoms with Gasteiger partial charge in [0, 0.05) is 43.3 Å². The molecule has 1 aliphatic heterocycles. The SMILES string of the molecule is Cn1cc(C(=O)NC2CCCN(c3nc(-c4ccccc4)cs3)C2)cn1. The molecule has 1 N–H and O–H groups in total. The number of nitrogens with zero attached hydrogens (tertiary/aromatic N) is 4. The molecule has 134 valence electrons. The van der Waals surface area contributed by atoms with Crippen molar-refractivity contribution in [3.8, 4) is 11.3 Å². The van der Waals surface area contributed by atoms with E-state index in [2.05, 4.69) is 32.8 Å². The van der Waals surface area contributed by atoms with E-state index in [9.17, 15) is 4.79 Å². The molecule has 1 aliphatic rings. The minimum absolute atomic E-state index is 0.0611. The Morgan fingerprint density at radius 2 is 2.15 bits per heavy atom. The normalized spacial score (nSPS) is 17.3. The van der Waals surface area contributed by atoms with Crippen LogP contribution in [0.2, 0.25) is 0 Å². The zero-order valence-electron chi connectivity index (χ0n) is 14.6. The van der Waals surface area contributed by atoms with Gasteiger partial charge in [0.1, 0.15) is 0 Å². The van der Waals surface area contributed by atoms with Crippen LogP contribution in [0.1, 0.15) is 23.2 Å². The smallest absolute Gasteiger partial charge is 0.254 e. The quantitative estimate of drug-likeness (QED) is 0.770. The molecule has 0 saturated carbocycles. The van der Waals surface area contributed by atoms with Gasteiger partial charge in [-0.05, 0) is 12.8 Å². The van der Waals surface area contributed by atoms with Gasteiger partial charge in [0.25, 0.3) is 5.91 Å². The van der Waals surface area contributed by atoms with Crippen LogP contribution in [0.25, 0.3) is 11.3 Å². The molecule has 4 rings (SSSR count). The molecule has 3 aromatic rings. The summed E-state index contributed by atoms with van der Waals surface area (Å²) in [5.74, 6) is -0.0611. The first-order chi connectivity index (χ1) is 12.7. The number of aromatic nitrogens is 3. The summed E-state index contributed by atoms with van der Waals surface area (Å²) in [6.45, 7) is 1.76. The molecule has 1 fully saturated rings. The van der Waals surface area contributed by atoms with E-state index in [4.69, 9.17) is 4.98 Å². The summed E-state index contributed by atoms with van der Waals surface area (Å²) in [6, 6.07) is 10.3. The van der Waals surface area contributed by atoms with Crippen LogP contribution in [0, 0.1) is 0 Å². The molecule has 0 bridgehead atoms. The molecule has 26 heavy (non-hydrogen) atoms. The van der Waals surface area contributed by atoms with Gasteiger partial charge >= 0.3 is 0 Å². The molecular formula is C19H21N5OS. The number of carbonyl (C=O) groups is 1. The van der Waals surface area contributed by atoms with Gasteiger partial charge in [0.15, 0.2) is 5.13 Å². The van der Waals surface area contributed by atoms with Crippen LogP contribution in [-0.2, 0) is 7.05 Å². The molecule has 0 spiro atoms. The number of hydrogen-bond donors (Lipinski definition) is 1. The monoisotopic (exact) mass is 367 g/mol. The molecule has 2 aromatic heterocycles. The number of thiazole rings is 1. The zero-order chi connectivity index (χ0) is 17.9. The average Bonchev–Trinajstić information content (AvgIpc) is 3.32. The van der Waals surface area contributed by atoms with Crippen LogP contribution < -0.4 is 10.2 Å². The van der Waals surface area contributed by atoms with E-state index in [0.29, 0.717) is 5.56 Å². The number of rotatable bonds is 4. The highest BCUT2D eigenvalue weighted by molar-refractivity contribution is 7.14. The van der Waals surface area contributed by atoms with Gasteiger partial charge in [0.05, 0.1) is 17.5 Å². The highest BCUT2D eigenvalue weighted by Crippen LogP contribution is 2.29. The van der Waals surface area contributed by atoms with Gasteiger partial charge < -0.3 is 10.2 Å². The Morgan fingerprint density at radius 3 is 2.92 bits per heavy atom. The van der Waals surface area contributed by atoms with E-state index >= 15 is 0 Å². The summed E-state index contributed by atoms with van der Waals surface area (Å²) in [5.41, 5.74) is 2.74. The summed E-state index contributed by atoms with van der Waals surface area (Å²) < 4.78 is 1.64. The topological polar surface area (TPSA) is 63.1 Å². The summed E-state index contributed by atoms with van der Waals surface area (Å²) in [7, 11) is 1.81. The fourth-order valence-electron chi connectivity index (χ4n) is 3.23. The fraction of sp³-hybridized carbons (Fsp3) is 0.316. The first kappa shape index (κ1) is 16.8. The molecule has 1 aromatic carbocycles. The van der Waals surface area contributed by atoms with Crippen molar-refractivity contribution in [3.05, 3.63) is 53.7 Å². The molecule has 6 nitrogen and oxygen atoms in total. The molecule has 1 atom stereocenters. The Hall–Kier alpha value is -2.67. The number of hydrogen-bond acceptors (Lipinski definition) is 5. The van der Waals surface area contributed by atoms with Crippen molar-refractivity contribution in [1.82, 2.24) is 20.1 Å². The van der Waals surface area contributed by atoms with Crippen LogP contribution in [0.15, 0.2) is 48.1 Å². The van der Waals surface area contributed by atoms with Crippen LogP contribution >= 0.6 is 11.3 Å². The van der Waals surface area contributed by atoms with Crippen molar-refractivity contribution < 1.29 is 4.79 Å². The lowest BCUT2D eigenvalue weighted by atomic mass is 10.1. The lowest BCUT2D eigenvalue weighted by Gasteiger charge is -2.32. The molecule has 1 unspecified atom stereocenters. The average molecular weight is 367 g/mol. The van der Waals surface area contributed by atoms with Gasteiger partial charge in [-0.2, -0.15) is 5.10 Å². The van der Waals surface area contributed by atoms with Crippen molar-refractivity contribution in [1.29, 1.82) is 0 Å². The first-order valence-electron chi connectivity index (χ1n) is 8.74. The Morgan fingerprint density at radius 1 is 1.31 bits per heavy atom. The third-order valence-corrected chi connectivity index (χ3v) is 5.46. The number of anilines is 1. The highest BCUT2D eigenvalue weighted by atomic mass is 32.1. The molecular weight excluding hydrogens is 346 g/mol. The largest absolute Gasteiger partial charge is 0.347 e. The van der Waals surface area contributed by atoms with E-state index in [-0.39, 0.29) is 11.9 Å². The number of benzene rings is 1.